The number of piperidine rings is 2. The Hall–Kier alpha value is -2.15. The zero-order chi connectivity index (χ0) is 16.9. The molecule has 1 N–H and O–H groups in total. The quantitative estimate of drug-likeness (QED) is 0.672. The summed E-state index contributed by atoms with van der Waals surface area (Å²) in [7, 11) is 0. The van der Waals surface area contributed by atoms with E-state index in [9.17, 15) is 14.9 Å². The molecule has 0 bridgehead atoms. The minimum absolute atomic E-state index is 0.0588. The molecule has 1 amide bonds. The predicted molar refractivity (Wildman–Crippen MR) is 88.9 cm³/mol. The number of hydrogen-bond acceptors (Lipinski definition) is 5. The van der Waals surface area contributed by atoms with Gasteiger partial charge in [-0.15, -0.1) is 0 Å². The third kappa shape index (κ3) is 4.03. The highest BCUT2D eigenvalue weighted by Crippen LogP contribution is 2.23. The summed E-state index contributed by atoms with van der Waals surface area (Å²) in [6.45, 7) is 3.30. The van der Waals surface area contributed by atoms with Gasteiger partial charge in [-0.1, -0.05) is 0 Å². The minimum atomic E-state index is -0.422. The monoisotopic (exact) mass is 333 g/mol. The second-order valence-electron chi connectivity index (χ2n) is 6.42. The van der Waals surface area contributed by atoms with E-state index in [1.165, 1.54) is 12.1 Å². The molecule has 7 nitrogen and oxygen atoms in total. The fourth-order valence-electron chi connectivity index (χ4n) is 3.36. The van der Waals surface area contributed by atoms with Gasteiger partial charge in [-0.05, 0) is 38.1 Å². The number of benzene rings is 1. The summed E-state index contributed by atoms with van der Waals surface area (Å²) in [5.41, 5.74) is 0.0599. The van der Waals surface area contributed by atoms with Gasteiger partial charge in [0.1, 0.15) is 11.9 Å². The van der Waals surface area contributed by atoms with E-state index in [0.29, 0.717) is 5.75 Å². The third-order valence-electron chi connectivity index (χ3n) is 4.79. The molecule has 2 fully saturated rings. The van der Waals surface area contributed by atoms with E-state index in [1.807, 2.05) is 4.90 Å². The lowest BCUT2D eigenvalue weighted by atomic mass is 9.95. The Morgan fingerprint density at radius 2 is 1.75 bits per heavy atom. The summed E-state index contributed by atoms with van der Waals surface area (Å²) in [4.78, 5) is 24.7. The Bertz CT molecular complexity index is 576. The van der Waals surface area contributed by atoms with Crippen LogP contribution in [0.4, 0.5) is 5.69 Å². The molecule has 24 heavy (non-hydrogen) atoms. The van der Waals surface area contributed by atoms with Crippen molar-refractivity contribution in [1.29, 1.82) is 0 Å². The molecule has 2 heterocycles. The highest BCUT2D eigenvalue weighted by Gasteiger charge is 2.29. The van der Waals surface area contributed by atoms with E-state index in [-0.39, 0.29) is 23.6 Å². The molecule has 0 atom stereocenters. The van der Waals surface area contributed by atoms with Crippen molar-refractivity contribution in [2.75, 3.05) is 26.2 Å². The van der Waals surface area contributed by atoms with Crippen LogP contribution in [0, 0.1) is 16.0 Å². The number of amides is 1. The first-order valence-electron chi connectivity index (χ1n) is 8.54. The van der Waals surface area contributed by atoms with Crippen molar-refractivity contribution in [3.63, 3.8) is 0 Å². The van der Waals surface area contributed by atoms with Crippen LogP contribution in [0.1, 0.15) is 25.7 Å². The maximum Gasteiger partial charge on any atom is 0.269 e. The Kier molecular flexibility index (Phi) is 5.30. The van der Waals surface area contributed by atoms with E-state index in [0.717, 1.165) is 51.9 Å². The molecule has 7 heteroatoms. The van der Waals surface area contributed by atoms with Crippen LogP contribution in [0.15, 0.2) is 24.3 Å². The van der Waals surface area contributed by atoms with Crippen molar-refractivity contribution in [1.82, 2.24) is 10.2 Å². The first kappa shape index (κ1) is 16.7. The molecule has 1 aromatic carbocycles. The number of nitrogens with one attached hydrogen (secondary N) is 1. The molecule has 1 aromatic rings. The van der Waals surface area contributed by atoms with Gasteiger partial charge < -0.3 is 15.0 Å². The standard InChI is InChI=1S/C17H23N3O4/c21-17(13-5-9-18-10-6-13)19-11-7-16(8-12-19)24-15-3-1-14(2-4-15)20(22)23/h1-4,13,16,18H,5-12H2. The molecule has 2 saturated heterocycles. The van der Waals surface area contributed by atoms with Crippen LogP contribution in [0.2, 0.25) is 0 Å². The van der Waals surface area contributed by atoms with Crippen LogP contribution in [-0.4, -0.2) is 48.0 Å². The number of carbonyl (C=O) groups excluding carboxylic acids is 1. The van der Waals surface area contributed by atoms with Gasteiger partial charge >= 0.3 is 0 Å². The molecule has 130 valence electrons. The molecular weight excluding hydrogens is 310 g/mol. The summed E-state index contributed by atoms with van der Waals surface area (Å²) in [5.74, 6) is 1.09. The SMILES string of the molecule is O=C(C1CCNCC1)N1CCC(Oc2ccc([N+](=O)[O-])cc2)CC1. The van der Waals surface area contributed by atoms with Crippen LogP contribution in [0.25, 0.3) is 0 Å². The molecule has 2 aliphatic rings. The van der Waals surface area contributed by atoms with E-state index in [2.05, 4.69) is 5.32 Å². The average Bonchev–Trinajstić information content (AvgIpc) is 2.63. The van der Waals surface area contributed by atoms with Crippen molar-refractivity contribution < 1.29 is 14.5 Å². The number of rotatable bonds is 4. The van der Waals surface area contributed by atoms with Gasteiger partial charge in [0.2, 0.25) is 5.91 Å². The van der Waals surface area contributed by atoms with E-state index in [4.69, 9.17) is 4.74 Å². The normalized spacial score (nSPS) is 19.9. The molecule has 0 spiro atoms. The predicted octanol–water partition coefficient (Wildman–Crippen LogP) is 1.96. The number of hydrogen-bond donors (Lipinski definition) is 1. The summed E-state index contributed by atoms with van der Waals surface area (Å²) < 4.78 is 5.89. The Labute approximate surface area is 141 Å². The molecule has 2 aliphatic heterocycles. The number of ether oxygens (including phenoxy) is 1. The number of nitrogens with zero attached hydrogens (tertiary/aromatic N) is 2. The molecular formula is C17H23N3O4. The Morgan fingerprint density at radius 3 is 2.33 bits per heavy atom. The summed E-state index contributed by atoms with van der Waals surface area (Å²) in [6.07, 6.45) is 3.51. The summed E-state index contributed by atoms with van der Waals surface area (Å²) in [5, 5.41) is 13.9. The van der Waals surface area contributed by atoms with Crippen molar-refractivity contribution in [3.8, 4) is 5.75 Å². The highest BCUT2D eigenvalue weighted by atomic mass is 16.6. The van der Waals surface area contributed by atoms with Crippen molar-refractivity contribution in [3.05, 3.63) is 34.4 Å². The number of nitro benzene ring substituents is 1. The average molecular weight is 333 g/mol. The van der Waals surface area contributed by atoms with Gasteiger partial charge in [-0.25, -0.2) is 0 Å². The van der Waals surface area contributed by atoms with Crippen LogP contribution in [0.5, 0.6) is 5.75 Å². The first-order valence-corrected chi connectivity index (χ1v) is 8.54. The number of likely N-dealkylation sites (tertiary alicyclic amines) is 1. The maximum atomic E-state index is 12.5. The second kappa shape index (κ2) is 7.61. The van der Waals surface area contributed by atoms with Gasteiger partial charge in [0.25, 0.3) is 5.69 Å². The van der Waals surface area contributed by atoms with Crippen molar-refractivity contribution in [2.24, 2.45) is 5.92 Å². The van der Waals surface area contributed by atoms with Gasteiger partial charge in [-0.3, -0.25) is 14.9 Å². The van der Waals surface area contributed by atoms with Gasteiger partial charge in [0.05, 0.1) is 4.92 Å². The summed E-state index contributed by atoms with van der Waals surface area (Å²) in [6, 6.07) is 6.16. The second-order valence-corrected chi connectivity index (χ2v) is 6.42. The largest absolute Gasteiger partial charge is 0.490 e. The lowest BCUT2D eigenvalue weighted by Gasteiger charge is -2.35. The zero-order valence-electron chi connectivity index (χ0n) is 13.6. The van der Waals surface area contributed by atoms with E-state index in [1.54, 1.807) is 12.1 Å². The number of carbonyl (C=O) groups is 1. The molecule has 0 unspecified atom stereocenters. The van der Waals surface area contributed by atoms with Crippen LogP contribution in [0.3, 0.4) is 0 Å². The zero-order valence-corrected chi connectivity index (χ0v) is 13.6. The first-order chi connectivity index (χ1) is 11.6. The number of non-ortho nitro benzene ring substituents is 1. The molecule has 0 aromatic heterocycles. The van der Waals surface area contributed by atoms with E-state index >= 15 is 0 Å². The smallest absolute Gasteiger partial charge is 0.269 e. The lowest BCUT2D eigenvalue weighted by Crippen LogP contribution is -2.46. The molecule has 0 aliphatic carbocycles. The van der Waals surface area contributed by atoms with Crippen LogP contribution in [-0.2, 0) is 4.79 Å². The van der Waals surface area contributed by atoms with Gasteiger partial charge in [-0.2, -0.15) is 0 Å². The fourth-order valence-corrected chi connectivity index (χ4v) is 3.36. The molecule has 0 saturated carbocycles. The number of nitro groups is 1. The third-order valence-corrected chi connectivity index (χ3v) is 4.79. The minimum Gasteiger partial charge on any atom is -0.490 e. The van der Waals surface area contributed by atoms with Gasteiger partial charge in [0.15, 0.2) is 0 Å². The van der Waals surface area contributed by atoms with Crippen molar-refractivity contribution >= 4 is 11.6 Å². The Balaban J connectivity index is 1.48. The van der Waals surface area contributed by atoms with Gasteiger partial charge in [0, 0.05) is 44.0 Å². The van der Waals surface area contributed by atoms with Crippen LogP contribution >= 0.6 is 0 Å². The lowest BCUT2D eigenvalue weighted by molar-refractivity contribution is -0.384. The topological polar surface area (TPSA) is 84.7 Å². The van der Waals surface area contributed by atoms with E-state index < -0.39 is 4.92 Å². The summed E-state index contributed by atoms with van der Waals surface area (Å²) >= 11 is 0. The maximum absolute atomic E-state index is 12.5. The van der Waals surface area contributed by atoms with Crippen LogP contribution < -0.4 is 10.1 Å². The molecule has 3 rings (SSSR count). The highest BCUT2D eigenvalue weighted by molar-refractivity contribution is 5.79. The fraction of sp³-hybridized carbons (Fsp3) is 0.588. The van der Waals surface area contributed by atoms with Crippen molar-refractivity contribution in [2.45, 2.75) is 31.8 Å². The molecule has 0 radical (unpaired) electrons. The Morgan fingerprint density at radius 1 is 1.12 bits per heavy atom.